The third-order valence-corrected chi connectivity index (χ3v) is 4.90. The average molecular weight is 372 g/mol. The summed E-state index contributed by atoms with van der Waals surface area (Å²) in [5.41, 5.74) is 2.16. The van der Waals surface area contributed by atoms with E-state index in [1.54, 1.807) is 0 Å². The summed E-state index contributed by atoms with van der Waals surface area (Å²) in [6, 6.07) is 11.4. The number of aromatic nitrogens is 1. The van der Waals surface area contributed by atoms with E-state index in [2.05, 4.69) is 17.2 Å². The Labute approximate surface area is 156 Å². The number of ether oxygens (including phenoxy) is 2. The summed E-state index contributed by atoms with van der Waals surface area (Å²) in [7, 11) is 0. The second kappa shape index (κ2) is 8.71. The molecule has 1 atom stereocenters. The van der Waals surface area contributed by atoms with Crippen molar-refractivity contribution in [1.82, 2.24) is 10.3 Å². The summed E-state index contributed by atoms with van der Waals surface area (Å²) < 4.78 is 11.2. The van der Waals surface area contributed by atoms with Crippen LogP contribution in [-0.2, 0) is 17.6 Å². The number of benzene rings is 1. The molecule has 1 saturated heterocycles. The quantitative estimate of drug-likeness (QED) is 0.718. The summed E-state index contributed by atoms with van der Waals surface area (Å²) in [4.78, 5) is 27.0. The molecule has 2 aromatic rings. The van der Waals surface area contributed by atoms with Crippen molar-refractivity contribution in [2.75, 3.05) is 13.2 Å². The minimum atomic E-state index is -0.353. The van der Waals surface area contributed by atoms with Gasteiger partial charge in [0.15, 0.2) is 0 Å². The van der Waals surface area contributed by atoms with E-state index in [0.717, 1.165) is 29.5 Å². The largest absolute Gasteiger partial charge is 0.490 e. The Morgan fingerprint density at radius 2 is 1.77 bits per heavy atom. The van der Waals surface area contributed by atoms with Crippen molar-refractivity contribution in [3.05, 3.63) is 53.7 Å². The number of aryl methyl sites for hydroxylation is 1. The van der Waals surface area contributed by atoms with Gasteiger partial charge in [0.2, 0.25) is 11.8 Å². The molecule has 1 aromatic carbocycles. The molecule has 0 aliphatic carbocycles. The van der Waals surface area contributed by atoms with Gasteiger partial charge in [-0.15, -0.1) is 0 Å². The highest BCUT2D eigenvalue weighted by Crippen LogP contribution is 2.23. The maximum absolute atomic E-state index is 11.6. The fraction of sp³-hybridized carbons (Fsp3) is 0.316. The number of hydrogen-bond donors (Lipinski definition) is 1. The van der Waals surface area contributed by atoms with Gasteiger partial charge in [0.1, 0.15) is 19.0 Å². The number of rotatable bonds is 8. The second-order valence-corrected chi connectivity index (χ2v) is 6.96. The van der Waals surface area contributed by atoms with Gasteiger partial charge in [0.25, 0.3) is 5.24 Å². The van der Waals surface area contributed by atoms with Crippen LogP contribution in [0.2, 0.25) is 0 Å². The summed E-state index contributed by atoms with van der Waals surface area (Å²) in [5, 5.41) is 1.66. The third-order valence-electron chi connectivity index (χ3n) is 3.92. The zero-order chi connectivity index (χ0) is 18.4. The summed E-state index contributed by atoms with van der Waals surface area (Å²) in [6.07, 6.45) is 3.28. The molecule has 1 N–H and O–H groups in total. The molecule has 0 saturated carbocycles. The van der Waals surface area contributed by atoms with Gasteiger partial charge < -0.3 is 9.47 Å². The van der Waals surface area contributed by atoms with E-state index in [0.29, 0.717) is 25.5 Å². The van der Waals surface area contributed by atoms with E-state index >= 15 is 0 Å². The Bertz CT molecular complexity index is 762. The number of carbonyl (C=O) groups excluding carboxylic acids is 2. The molecule has 1 aliphatic rings. The molecule has 136 valence electrons. The highest BCUT2D eigenvalue weighted by Gasteiger charge is 2.31. The zero-order valence-corrected chi connectivity index (χ0v) is 15.3. The van der Waals surface area contributed by atoms with Gasteiger partial charge in [-0.25, -0.2) is 4.98 Å². The maximum Gasteiger partial charge on any atom is 0.286 e. The molecule has 0 bridgehead atoms. The first-order valence-electron chi connectivity index (χ1n) is 8.45. The lowest BCUT2D eigenvalue weighted by molar-refractivity contribution is -0.118. The van der Waals surface area contributed by atoms with Crippen LogP contribution in [0.15, 0.2) is 42.6 Å². The van der Waals surface area contributed by atoms with E-state index in [4.69, 9.17) is 9.47 Å². The van der Waals surface area contributed by atoms with Gasteiger partial charge in [-0.05, 0) is 36.1 Å². The van der Waals surface area contributed by atoms with Crippen LogP contribution in [0.3, 0.4) is 0 Å². The molecular weight excluding hydrogens is 352 g/mol. The zero-order valence-electron chi connectivity index (χ0n) is 14.4. The van der Waals surface area contributed by atoms with Gasteiger partial charge in [-0.1, -0.05) is 36.9 Å². The number of amides is 2. The van der Waals surface area contributed by atoms with Gasteiger partial charge in [-0.2, -0.15) is 0 Å². The van der Waals surface area contributed by atoms with Crippen LogP contribution in [0.25, 0.3) is 0 Å². The average Bonchev–Trinajstić information content (AvgIpc) is 2.97. The van der Waals surface area contributed by atoms with Gasteiger partial charge in [0, 0.05) is 12.3 Å². The molecule has 6 nitrogen and oxygen atoms in total. The molecule has 0 radical (unpaired) electrons. The van der Waals surface area contributed by atoms with Crippen LogP contribution >= 0.6 is 11.8 Å². The van der Waals surface area contributed by atoms with E-state index in [-0.39, 0.29) is 16.4 Å². The Morgan fingerprint density at radius 3 is 2.38 bits per heavy atom. The first-order valence-corrected chi connectivity index (χ1v) is 9.33. The molecule has 1 unspecified atom stereocenters. The van der Waals surface area contributed by atoms with Crippen molar-refractivity contribution in [3.8, 4) is 11.6 Å². The highest BCUT2D eigenvalue weighted by atomic mass is 32.2. The SMILES string of the molecule is CCc1ccc(OCCOc2ccc(CC3SC(=O)NC3=O)cc2)nc1. The van der Waals surface area contributed by atoms with Crippen LogP contribution < -0.4 is 14.8 Å². The van der Waals surface area contributed by atoms with Crippen LogP contribution in [0.4, 0.5) is 4.79 Å². The van der Waals surface area contributed by atoms with E-state index < -0.39 is 0 Å². The fourth-order valence-corrected chi connectivity index (χ4v) is 3.33. The molecular formula is C19H20N2O4S. The normalized spacial score (nSPS) is 16.4. The summed E-state index contributed by atoms with van der Waals surface area (Å²) in [5.74, 6) is 1.09. The minimum Gasteiger partial charge on any atom is -0.490 e. The van der Waals surface area contributed by atoms with Crippen molar-refractivity contribution in [1.29, 1.82) is 0 Å². The predicted octanol–water partition coefficient (Wildman–Crippen LogP) is 3.00. The fourth-order valence-electron chi connectivity index (χ4n) is 2.47. The first kappa shape index (κ1) is 18.3. The van der Waals surface area contributed by atoms with Crippen LogP contribution in [-0.4, -0.2) is 34.6 Å². The third kappa shape index (κ3) is 4.98. The smallest absolute Gasteiger partial charge is 0.286 e. The number of carbonyl (C=O) groups is 2. The van der Waals surface area contributed by atoms with Crippen LogP contribution in [0, 0.1) is 0 Å². The molecule has 3 rings (SSSR count). The number of imide groups is 1. The van der Waals surface area contributed by atoms with E-state index in [1.807, 2.05) is 42.6 Å². The maximum atomic E-state index is 11.6. The van der Waals surface area contributed by atoms with Gasteiger partial charge in [0.05, 0.1) is 5.25 Å². The monoisotopic (exact) mass is 372 g/mol. The van der Waals surface area contributed by atoms with Crippen molar-refractivity contribution < 1.29 is 19.1 Å². The lowest BCUT2D eigenvalue weighted by Gasteiger charge is -2.09. The minimum absolute atomic E-state index is 0.224. The molecule has 1 fully saturated rings. The Morgan fingerprint density at radius 1 is 1.04 bits per heavy atom. The number of thioether (sulfide) groups is 1. The van der Waals surface area contributed by atoms with Crippen molar-refractivity contribution in [2.24, 2.45) is 0 Å². The van der Waals surface area contributed by atoms with Crippen LogP contribution in [0.1, 0.15) is 18.1 Å². The topological polar surface area (TPSA) is 77.5 Å². The molecule has 7 heteroatoms. The molecule has 2 amide bonds. The number of nitrogens with one attached hydrogen (secondary N) is 1. The molecule has 0 spiro atoms. The Kier molecular flexibility index (Phi) is 6.12. The molecule has 1 aromatic heterocycles. The van der Waals surface area contributed by atoms with Gasteiger partial charge in [-0.3, -0.25) is 14.9 Å². The van der Waals surface area contributed by atoms with Crippen molar-refractivity contribution in [3.63, 3.8) is 0 Å². The first-order chi connectivity index (χ1) is 12.6. The molecule has 26 heavy (non-hydrogen) atoms. The summed E-state index contributed by atoms with van der Waals surface area (Å²) in [6.45, 7) is 2.89. The Balaban J connectivity index is 1.41. The van der Waals surface area contributed by atoms with E-state index in [9.17, 15) is 9.59 Å². The molecule has 2 heterocycles. The highest BCUT2D eigenvalue weighted by molar-refractivity contribution is 8.15. The standard InChI is InChI=1S/C19H20N2O4S/c1-2-13-5-8-17(20-12-13)25-10-9-24-15-6-3-14(4-7-15)11-16-18(22)21-19(23)26-16/h3-8,12,16H,2,9-11H2,1H3,(H,21,22,23). The van der Waals surface area contributed by atoms with Crippen molar-refractivity contribution in [2.45, 2.75) is 25.0 Å². The molecule has 1 aliphatic heterocycles. The number of nitrogens with zero attached hydrogens (tertiary/aromatic N) is 1. The van der Waals surface area contributed by atoms with Crippen molar-refractivity contribution >= 4 is 22.9 Å². The Hall–Kier alpha value is -2.54. The summed E-state index contributed by atoms with van der Waals surface area (Å²) >= 11 is 1.04. The van der Waals surface area contributed by atoms with E-state index in [1.165, 1.54) is 5.56 Å². The predicted molar refractivity (Wildman–Crippen MR) is 99.7 cm³/mol. The lowest BCUT2D eigenvalue weighted by Crippen LogP contribution is -2.25. The van der Waals surface area contributed by atoms with Gasteiger partial charge >= 0.3 is 0 Å². The second-order valence-electron chi connectivity index (χ2n) is 5.79. The number of pyridine rings is 1. The lowest BCUT2D eigenvalue weighted by atomic mass is 10.1. The van der Waals surface area contributed by atoms with Crippen LogP contribution in [0.5, 0.6) is 11.6 Å². The number of hydrogen-bond acceptors (Lipinski definition) is 6.